The molecule has 0 aliphatic carbocycles. The van der Waals surface area contributed by atoms with Crippen molar-refractivity contribution < 1.29 is 19.3 Å². The second-order valence-electron chi connectivity index (χ2n) is 5.63. The van der Waals surface area contributed by atoms with Crippen molar-refractivity contribution in [1.82, 2.24) is 4.90 Å². The normalized spacial score (nSPS) is 12.9. The van der Waals surface area contributed by atoms with Crippen molar-refractivity contribution in [3.8, 4) is 0 Å². The van der Waals surface area contributed by atoms with Crippen LogP contribution in [0.15, 0.2) is 48.5 Å². The van der Waals surface area contributed by atoms with Gasteiger partial charge in [-0.1, -0.05) is 24.3 Å². The van der Waals surface area contributed by atoms with Gasteiger partial charge in [0.25, 0.3) is 17.5 Å². The third-order valence-electron chi connectivity index (χ3n) is 4.15. The Labute approximate surface area is 148 Å². The number of fused-ring (bicyclic) bond motifs is 1. The molecule has 0 saturated heterocycles. The van der Waals surface area contributed by atoms with Gasteiger partial charge in [0.2, 0.25) is 5.91 Å². The number of carbonyl (C=O) groups is 3. The smallest absolute Gasteiger partial charge is 0.282 e. The van der Waals surface area contributed by atoms with Crippen molar-refractivity contribution in [2.45, 2.75) is 6.92 Å². The predicted molar refractivity (Wildman–Crippen MR) is 92.9 cm³/mol. The maximum atomic E-state index is 12.6. The molecule has 0 N–H and O–H groups in total. The van der Waals surface area contributed by atoms with E-state index >= 15 is 0 Å². The summed E-state index contributed by atoms with van der Waals surface area (Å²) in [5.74, 6) is -1.98. The first-order valence-electron chi connectivity index (χ1n) is 7.94. The topological polar surface area (TPSA) is 101 Å². The van der Waals surface area contributed by atoms with Crippen molar-refractivity contribution in [1.29, 1.82) is 0 Å². The van der Waals surface area contributed by atoms with E-state index in [4.69, 9.17) is 0 Å². The van der Waals surface area contributed by atoms with Gasteiger partial charge in [0.05, 0.1) is 10.5 Å². The first-order chi connectivity index (χ1) is 12.5. The number of imide groups is 1. The summed E-state index contributed by atoms with van der Waals surface area (Å²) < 4.78 is 0. The van der Waals surface area contributed by atoms with Crippen LogP contribution in [-0.4, -0.2) is 40.6 Å². The van der Waals surface area contributed by atoms with E-state index in [0.717, 1.165) is 11.0 Å². The zero-order valence-electron chi connectivity index (χ0n) is 13.9. The van der Waals surface area contributed by atoms with Crippen molar-refractivity contribution in [2.75, 3.05) is 18.0 Å². The predicted octanol–water partition coefficient (Wildman–Crippen LogP) is 2.24. The van der Waals surface area contributed by atoms with E-state index in [-0.39, 0.29) is 11.1 Å². The molecule has 0 spiro atoms. The van der Waals surface area contributed by atoms with Crippen LogP contribution in [0, 0.1) is 10.1 Å². The Morgan fingerprint density at radius 1 is 1.08 bits per heavy atom. The molecular weight excluding hydrogens is 338 g/mol. The first-order valence-corrected chi connectivity index (χ1v) is 7.94. The van der Waals surface area contributed by atoms with Gasteiger partial charge in [-0.05, 0) is 25.1 Å². The molecule has 8 heteroatoms. The fraction of sp³-hybridized carbons (Fsp3) is 0.167. The molecule has 26 heavy (non-hydrogen) atoms. The third kappa shape index (κ3) is 2.81. The average molecular weight is 353 g/mol. The number of benzene rings is 2. The van der Waals surface area contributed by atoms with E-state index in [1.807, 2.05) is 6.07 Å². The molecule has 0 atom stereocenters. The summed E-state index contributed by atoms with van der Waals surface area (Å²) >= 11 is 0. The van der Waals surface area contributed by atoms with Crippen molar-refractivity contribution in [3.63, 3.8) is 0 Å². The fourth-order valence-corrected chi connectivity index (χ4v) is 2.94. The summed E-state index contributed by atoms with van der Waals surface area (Å²) in [5, 5.41) is 11.1. The van der Waals surface area contributed by atoms with Gasteiger partial charge in [-0.15, -0.1) is 0 Å². The maximum Gasteiger partial charge on any atom is 0.282 e. The van der Waals surface area contributed by atoms with Crippen LogP contribution < -0.4 is 4.90 Å². The molecule has 3 amide bonds. The van der Waals surface area contributed by atoms with Crippen LogP contribution in [0.2, 0.25) is 0 Å². The molecular formula is C18H15N3O5. The van der Waals surface area contributed by atoms with Crippen LogP contribution in [-0.2, 0) is 4.79 Å². The van der Waals surface area contributed by atoms with Gasteiger partial charge in [0, 0.05) is 18.3 Å². The summed E-state index contributed by atoms with van der Waals surface area (Å²) in [6, 6.07) is 12.7. The Hall–Kier alpha value is -3.55. The van der Waals surface area contributed by atoms with Crippen LogP contribution in [0.3, 0.4) is 0 Å². The second kappa shape index (κ2) is 6.75. The van der Waals surface area contributed by atoms with E-state index in [1.54, 1.807) is 31.2 Å². The Kier molecular flexibility index (Phi) is 4.49. The molecule has 1 aliphatic heterocycles. The van der Waals surface area contributed by atoms with Gasteiger partial charge in [0.15, 0.2) is 0 Å². The van der Waals surface area contributed by atoms with Gasteiger partial charge in [-0.3, -0.25) is 29.4 Å². The zero-order chi connectivity index (χ0) is 18.8. The molecule has 2 aromatic carbocycles. The Bertz CT molecular complexity index is 910. The van der Waals surface area contributed by atoms with Gasteiger partial charge in [-0.25, -0.2) is 0 Å². The van der Waals surface area contributed by atoms with Gasteiger partial charge < -0.3 is 4.90 Å². The average Bonchev–Trinajstić information content (AvgIpc) is 2.88. The fourth-order valence-electron chi connectivity index (χ4n) is 2.94. The molecule has 3 rings (SSSR count). The number of nitrogens with zero attached hydrogens (tertiary/aromatic N) is 3. The van der Waals surface area contributed by atoms with Crippen LogP contribution in [0.1, 0.15) is 27.6 Å². The lowest BCUT2D eigenvalue weighted by Gasteiger charge is -2.23. The molecule has 132 valence electrons. The lowest BCUT2D eigenvalue weighted by atomic mass is 10.1. The standard InChI is InChI=1S/C18H15N3O5/c1-2-19(12-7-4-3-5-8-12)15(22)11-20-17(23)13-9-6-10-14(21(25)26)16(13)18(20)24/h3-10H,2,11H2,1H3. The quantitative estimate of drug-likeness (QED) is 0.466. The molecule has 0 fully saturated rings. The Balaban J connectivity index is 1.88. The number of likely N-dealkylation sites (N-methyl/N-ethyl adjacent to an activating group) is 1. The number of nitro groups is 1. The summed E-state index contributed by atoms with van der Waals surface area (Å²) in [4.78, 5) is 50.3. The first kappa shape index (κ1) is 17.3. The molecule has 2 aromatic rings. The minimum Gasteiger partial charge on any atom is -0.311 e. The number of rotatable bonds is 5. The molecule has 1 heterocycles. The highest BCUT2D eigenvalue weighted by molar-refractivity contribution is 6.24. The van der Waals surface area contributed by atoms with Crippen LogP contribution in [0.25, 0.3) is 0 Å². The minimum absolute atomic E-state index is 0.0558. The van der Waals surface area contributed by atoms with Crippen LogP contribution >= 0.6 is 0 Å². The van der Waals surface area contributed by atoms with Crippen molar-refractivity contribution >= 4 is 29.1 Å². The SMILES string of the molecule is CCN(C(=O)CN1C(=O)c2cccc([N+](=O)[O-])c2C1=O)c1ccccc1. The summed E-state index contributed by atoms with van der Waals surface area (Å²) in [7, 11) is 0. The number of anilines is 1. The highest BCUT2D eigenvalue weighted by Crippen LogP contribution is 2.30. The Morgan fingerprint density at radius 2 is 1.77 bits per heavy atom. The Morgan fingerprint density at radius 3 is 2.38 bits per heavy atom. The third-order valence-corrected chi connectivity index (χ3v) is 4.15. The van der Waals surface area contributed by atoms with E-state index in [0.29, 0.717) is 12.2 Å². The summed E-state index contributed by atoms with van der Waals surface area (Å²) in [6.07, 6.45) is 0. The molecule has 0 saturated carbocycles. The lowest BCUT2D eigenvalue weighted by molar-refractivity contribution is -0.385. The number of nitro benzene ring substituents is 1. The minimum atomic E-state index is -0.824. The lowest BCUT2D eigenvalue weighted by Crippen LogP contribution is -2.42. The molecule has 0 bridgehead atoms. The van der Waals surface area contributed by atoms with Crippen LogP contribution in [0.5, 0.6) is 0 Å². The molecule has 1 aliphatic rings. The summed E-state index contributed by atoms with van der Waals surface area (Å²) in [6.45, 7) is 1.65. The molecule has 0 unspecified atom stereocenters. The number of hydrogen-bond donors (Lipinski definition) is 0. The van der Waals surface area contributed by atoms with Crippen molar-refractivity contribution in [2.24, 2.45) is 0 Å². The van der Waals surface area contributed by atoms with Crippen LogP contribution in [0.4, 0.5) is 11.4 Å². The van der Waals surface area contributed by atoms with Gasteiger partial charge in [0.1, 0.15) is 12.1 Å². The second-order valence-corrected chi connectivity index (χ2v) is 5.63. The van der Waals surface area contributed by atoms with E-state index in [9.17, 15) is 24.5 Å². The number of hydrogen-bond acceptors (Lipinski definition) is 5. The highest BCUT2D eigenvalue weighted by atomic mass is 16.6. The maximum absolute atomic E-state index is 12.6. The molecule has 0 aromatic heterocycles. The molecule has 8 nitrogen and oxygen atoms in total. The number of amides is 3. The highest BCUT2D eigenvalue weighted by Gasteiger charge is 2.42. The zero-order valence-corrected chi connectivity index (χ0v) is 13.9. The van der Waals surface area contributed by atoms with E-state index in [2.05, 4.69) is 0 Å². The van der Waals surface area contributed by atoms with E-state index in [1.165, 1.54) is 17.0 Å². The monoisotopic (exact) mass is 353 g/mol. The number of carbonyl (C=O) groups excluding carboxylic acids is 3. The molecule has 0 radical (unpaired) electrons. The van der Waals surface area contributed by atoms with Crippen molar-refractivity contribution in [3.05, 3.63) is 69.8 Å². The number of para-hydroxylation sites is 1. The summed E-state index contributed by atoms with van der Waals surface area (Å²) in [5.41, 5.74) is -0.119. The van der Waals surface area contributed by atoms with Gasteiger partial charge in [-0.2, -0.15) is 0 Å². The van der Waals surface area contributed by atoms with E-state index < -0.39 is 34.9 Å². The largest absolute Gasteiger partial charge is 0.311 e. The van der Waals surface area contributed by atoms with Gasteiger partial charge >= 0.3 is 0 Å².